The van der Waals surface area contributed by atoms with Crippen LogP contribution in [-0.2, 0) is 19.6 Å². The van der Waals surface area contributed by atoms with E-state index in [9.17, 15) is 13.2 Å². The van der Waals surface area contributed by atoms with E-state index in [1.807, 2.05) is 37.3 Å². The van der Waals surface area contributed by atoms with E-state index in [0.29, 0.717) is 40.7 Å². The Morgan fingerprint density at radius 1 is 1.05 bits per heavy atom. The summed E-state index contributed by atoms with van der Waals surface area (Å²) < 4.78 is 40.9. The number of benzene rings is 3. The van der Waals surface area contributed by atoms with Crippen LogP contribution in [0, 0.1) is 12.3 Å². The quantitative estimate of drug-likeness (QED) is 0.221. The predicted molar refractivity (Wildman–Crippen MR) is 142 cm³/mol. The van der Waals surface area contributed by atoms with Crippen molar-refractivity contribution < 1.29 is 22.4 Å². The summed E-state index contributed by atoms with van der Waals surface area (Å²) in [5.74, 6) is 0.0684. The molecule has 1 saturated heterocycles. The first kappa shape index (κ1) is 24.9. The van der Waals surface area contributed by atoms with Crippen molar-refractivity contribution in [2.45, 2.75) is 37.7 Å². The average Bonchev–Trinajstić information content (AvgIpc) is 2.87. The van der Waals surface area contributed by atoms with Gasteiger partial charge in [0.25, 0.3) is 0 Å². The van der Waals surface area contributed by atoms with Crippen LogP contribution in [0.1, 0.15) is 25.3 Å². The molecule has 5 rings (SSSR count). The Hall–Kier alpha value is -3.75. The largest absolute Gasteiger partial charge is 0.459 e. The lowest BCUT2D eigenvalue weighted by atomic mass is 9.93. The zero-order valence-electron chi connectivity index (χ0n) is 20.8. The molecule has 0 saturated carbocycles. The molecule has 8 heteroatoms. The Balaban J connectivity index is 1.59. The second-order valence-corrected chi connectivity index (χ2v) is 11.4. The summed E-state index contributed by atoms with van der Waals surface area (Å²) in [4.78, 5) is 12.1. The molecule has 1 N–H and O–H groups in total. The number of nitrogens with one attached hydrogen (secondary N) is 1. The Kier molecular flexibility index (Phi) is 6.47. The first-order valence-electron chi connectivity index (χ1n) is 12.1. The van der Waals surface area contributed by atoms with Crippen LogP contribution < -0.4 is 5.36 Å². The number of carbonyl (C=O) groups is 1. The van der Waals surface area contributed by atoms with Crippen LogP contribution in [-0.4, -0.2) is 37.9 Å². The van der Waals surface area contributed by atoms with E-state index < -0.39 is 16.0 Å². The molecular weight excluding hydrogens is 488 g/mol. The van der Waals surface area contributed by atoms with Gasteiger partial charge >= 0.3 is 5.97 Å². The monoisotopic (exact) mass is 516 g/mol. The number of ether oxygens (including phenoxy) is 1. The highest BCUT2D eigenvalue weighted by Gasteiger charge is 2.33. The van der Waals surface area contributed by atoms with E-state index in [-0.39, 0.29) is 24.1 Å². The SMILES string of the molecule is C=C(C)C(=O)OC1CCN(S(=O)(=O)c2ccccc2-c2c3ccc(=N)cc-3oc3cc(C)ccc23)CC1. The summed E-state index contributed by atoms with van der Waals surface area (Å²) in [6.07, 6.45) is 0.501. The Morgan fingerprint density at radius 2 is 1.78 bits per heavy atom. The molecule has 1 aliphatic carbocycles. The highest BCUT2D eigenvalue weighted by molar-refractivity contribution is 7.89. The van der Waals surface area contributed by atoms with Crippen molar-refractivity contribution in [2.75, 3.05) is 13.1 Å². The number of hydrogen-bond donors (Lipinski definition) is 1. The molecule has 0 aromatic heterocycles. The minimum atomic E-state index is -3.86. The average molecular weight is 517 g/mol. The predicted octanol–water partition coefficient (Wildman–Crippen LogP) is 5.26. The first-order chi connectivity index (χ1) is 17.6. The topological polar surface area (TPSA) is 101 Å². The van der Waals surface area contributed by atoms with Crippen molar-refractivity contribution in [3.05, 3.63) is 83.7 Å². The number of nitrogens with zero attached hydrogens (tertiary/aromatic N) is 1. The van der Waals surface area contributed by atoms with E-state index in [0.717, 1.165) is 22.1 Å². The number of piperidine rings is 1. The summed E-state index contributed by atoms with van der Waals surface area (Å²) in [6, 6.07) is 18.0. The number of rotatable bonds is 5. The van der Waals surface area contributed by atoms with Gasteiger partial charge in [-0.05, 0) is 56.5 Å². The molecule has 0 unspecified atom stereocenters. The molecule has 0 bridgehead atoms. The maximum absolute atomic E-state index is 13.9. The lowest BCUT2D eigenvalue weighted by Crippen LogP contribution is -2.41. The molecule has 0 radical (unpaired) electrons. The maximum atomic E-state index is 13.9. The second kappa shape index (κ2) is 9.61. The van der Waals surface area contributed by atoms with Gasteiger partial charge in [-0.25, -0.2) is 13.2 Å². The molecular formula is C29H28N2O5S. The minimum absolute atomic E-state index is 0.205. The van der Waals surface area contributed by atoms with Gasteiger partial charge in [0, 0.05) is 46.8 Å². The number of carbonyl (C=O) groups excluding carboxylic acids is 1. The highest BCUT2D eigenvalue weighted by Crippen LogP contribution is 2.42. The second-order valence-electron chi connectivity index (χ2n) is 9.47. The highest BCUT2D eigenvalue weighted by atomic mass is 32.2. The zero-order valence-corrected chi connectivity index (χ0v) is 21.6. The number of sulfonamides is 1. The summed E-state index contributed by atoms with van der Waals surface area (Å²) in [6.45, 7) is 7.66. The fraction of sp³-hybridized carbons (Fsp3) is 0.241. The maximum Gasteiger partial charge on any atom is 0.333 e. The molecule has 2 aromatic rings. The molecule has 7 nitrogen and oxygen atoms in total. The molecule has 2 aromatic carbocycles. The molecule has 0 amide bonds. The van der Waals surface area contributed by atoms with Crippen molar-refractivity contribution in [2.24, 2.45) is 0 Å². The van der Waals surface area contributed by atoms with E-state index in [2.05, 4.69) is 6.58 Å². The van der Waals surface area contributed by atoms with E-state index in [1.165, 1.54) is 4.31 Å². The number of hydrogen-bond acceptors (Lipinski definition) is 6. The third-order valence-electron chi connectivity index (χ3n) is 6.67. The zero-order chi connectivity index (χ0) is 26.3. The number of esters is 1. The Labute approximate surface area is 215 Å². The van der Waals surface area contributed by atoms with E-state index >= 15 is 0 Å². The molecule has 0 spiro atoms. The number of aryl methyl sites for hydroxylation is 1. The Morgan fingerprint density at radius 3 is 2.51 bits per heavy atom. The van der Waals surface area contributed by atoms with Crippen molar-refractivity contribution in [3.63, 3.8) is 0 Å². The standard InChI is InChI=1S/C29H28N2O5S/c1-18(2)29(32)35-21-12-14-31(15-13-21)37(33,34)27-7-5-4-6-24(27)28-22-10-8-19(3)16-25(22)36-26-17-20(30)9-11-23(26)28/h4-11,16-17,21,30H,1,12-15H2,2-3H3. The van der Waals surface area contributed by atoms with Crippen molar-refractivity contribution in [3.8, 4) is 22.5 Å². The third-order valence-corrected chi connectivity index (χ3v) is 8.63. The third kappa shape index (κ3) is 4.70. The van der Waals surface area contributed by atoms with Crippen LogP contribution in [0.15, 0.2) is 82.1 Å². The fourth-order valence-electron chi connectivity index (χ4n) is 4.77. The minimum Gasteiger partial charge on any atom is -0.459 e. The summed E-state index contributed by atoms with van der Waals surface area (Å²) in [7, 11) is -3.86. The van der Waals surface area contributed by atoms with Crippen LogP contribution in [0.3, 0.4) is 0 Å². The van der Waals surface area contributed by atoms with Gasteiger partial charge in [0.05, 0.1) is 10.3 Å². The molecule has 3 aliphatic rings. The van der Waals surface area contributed by atoms with Crippen LogP contribution in [0.4, 0.5) is 0 Å². The van der Waals surface area contributed by atoms with Gasteiger partial charge in [-0.1, -0.05) is 36.9 Å². The lowest BCUT2D eigenvalue weighted by Gasteiger charge is -2.31. The fourth-order valence-corrected chi connectivity index (χ4v) is 6.44. The number of fused-ring (bicyclic) bond motifs is 2. The van der Waals surface area contributed by atoms with Crippen LogP contribution in [0.2, 0.25) is 0 Å². The molecule has 0 atom stereocenters. The van der Waals surface area contributed by atoms with Crippen LogP contribution >= 0.6 is 0 Å². The van der Waals surface area contributed by atoms with Gasteiger partial charge in [0.1, 0.15) is 17.4 Å². The normalized spacial score (nSPS) is 15.2. The van der Waals surface area contributed by atoms with Gasteiger partial charge in [0.2, 0.25) is 10.0 Å². The lowest BCUT2D eigenvalue weighted by molar-refractivity contribution is -0.145. The smallest absolute Gasteiger partial charge is 0.333 e. The molecule has 1 fully saturated rings. The molecule has 37 heavy (non-hydrogen) atoms. The summed E-state index contributed by atoms with van der Waals surface area (Å²) >= 11 is 0. The van der Waals surface area contributed by atoms with Gasteiger partial charge < -0.3 is 14.6 Å². The van der Waals surface area contributed by atoms with Crippen molar-refractivity contribution >= 4 is 27.0 Å². The van der Waals surface area contributed by atoms with Gasteiger partial charge in [0.15, 0.2) is 0 Å². The van der Waals surface area contributed by atoms with Crippen molar-refractivity contribution in [1.29, 1.82) is 5.41 Å². The van der Waals surface area contributed by atoms with Crippen LogP contribution in [0.25, 0.3) is 33.4 Å². The molecule has 190 valence electrons. The van der Waals surface area contributed by atoms with Gasteiger partial charge in [-0.3, -0.25) is 0 Å². The summed E-state index contributed by atoms with van der Waals surface area (Å²) in [5.41, 5.74) is 4.03. The van der Waals surface area contributed by atoms with Gasteiger partial charge in [-0.15, -0.1) is 0 Å². The summed E-state index contributed by atoms with van der Waals surface area (Å²) in [5, 5.41) is 9.17. The van der Waals surface area contributed by atoms with E-state index in [4.69, 9.17) is 14.6 Å². The molecule has 2 heterocycles. The molecule has 2 aliphatic heterocycles. The van der Waals surface area contributed by atoms with Crippen molar-refractivity contribution in [1.82, 2.24) is 4.31 Å². The Bertz CT molecular complexity index is 1660. The van der Waals surface area contributed by atoms with E-state index in [1.54, 1.807) is 37.3 Å². The first-order valence-corrected chi connectivity index (χ1v) is 13.6. The van der Waals surface area contributed by atoms with Crippen LogP contribution in [0.5, 0.6) is 0 Å². The van der Waals surface area contributed by atoms with Gasteiger partial charge in [-0.2, -0.15) is 4.31 Å².